The summed E-state index contributed by atoms with van der Waals surface area (Å²) in [6.07, 6.45) is 0.512. The van der Waals surface area contributed by atoms with Crippen LogP contribution in [0.3, 0.4) is 0 Å². The summed E-state index contributed by atoms with van der Waals surface area (Å²) in [5.74, 6) is -0.196. The lowest BCUT2D eigenvalue weighted by atomic mass is 9.98. The number of esters is 1. The van der Waals surface area contributed by atoms with E-state index in [2.05, 4.69) is 5.10 Å². The molecule has 0 saturated carbocycles. The third-order valence-electron chi connectivity index (χ3n) is 3.92. The molecule has 2 aromatic rings. The van der Waals surface area contributed by atoms with Crippen molar-refractivity contribution in [2.75, 3.05) is 0 Å². The maximum atomic E-state index is 12.0. The molecule has 1 aliphatic heterocycles. The molecular weight excluding hydrogens is 340 g/mol. The van der Waals surface area contributed by atoms with Crippen molar-refractivity contribution in [3.8, 4) is 5.75 Å². The Kier molecular flexibility index (Phi) is 4.86. The van der Waals surface area contributed by atoms with Crippen LogP contribution in [0, 0.1) is 0 Å². The fourth-order valence-electron chi connectivity index (χ4n) is 2.87. The second-order valence-electron chi connectivity index (χ2n) is 5.78. The maximum Gasteiger partial charge on any atom is 0.308 e. The molecule has 3 rings (SSSR count). The smallest absolute Gasteiger partial charge is 0.308 e. The quantitative estimate of drug-likeness (QED) is 0.617. The average Bonchev–Trinajstić information content (AvgIpc) is 3.02. The van der Waals surface area contributed by atoms with Gasteiger partial charge in [-0.25, -0.2) is 5.01 Å². The van der Waals surface area contributed by atoms with Crippen LogP contribution in [-0.2, 0) is 9.59 Å². The fourth-order valence-corrected chi connectivity index (χ4v) is 3.04. The SMILES string of the molecule is CC(=O)Oc1ccc(Cl)cc1C1=NN(C(C)=O)[C@H](c2ccccc2)C1. The van der Waals surface area contributed by atoms with E-state index in [-0.39, 0.29) is 11.9 Å². The number of halogens is 1. The molecule has 0 saturated heterocycles. The van der Waals surface area contributed by atoms with Crippen molar-refractivity contribution in [2.24, 2.45) is 5.10 Å². The molecule has 1 aliphatic rings. The number of nitrogens with zero attached hydrogens (tertiary/aromatic N) is 2. The molecule has 25 heavy (non-hydrogen) atoms. The van der Waals surface area contributed by atoms with Crippen LogP contribution in [0.1, 0.15) is 37.4 Å². The minimum atomic E-state index is -0.426. The number of amides is 1. The number of carbonyl (C=O) groups excluding carboxylic acids is 2. The van der Waals surface area contributed by atoms with Crippen molar-refractivity contribution >= 4 is 29.2 Å². The van der Waals surface area contributed by atoms with Crippen LogP contribution in [0.25, 0.3) is 0 Å². The molecule has 0 N–H and O–H groups in total. The lowest BCUT2D eigenvalue weighted by molar-refractivity contribution is -0.132. The van der Waals surface area contributed by atoms with Crippen LogP contribution in [0.15, 0.2) is 53.6 Å². The molecule has 1 amide bonds. The molecule has 128 valence electrons. The number of rotatable bonds is 3. The van der Waals surface area contributed by atoms with Gasteiger partial charge in [-0.3, -0.25) is 9.59 Å². The standard InChI is InChI=1S/C19H17ClN2O3/c1-12(23)22-18(14-6-4-3-5-7-14)11-17(21-22)16-10-15(20)8-9-19(16)25-13(2)24/h3-10,18H,11H2,1-2H3/t18-/m0/s1. The number of carbonyl (C=O) groups is 2. The predicted molar refractivity (Wildman–Crippen MR) is 95.6 cm³/mol. The van der Waals surface area contributed by atoms with Gasteiger partial charge in [-0.05, 0) is 23.8 Å². The summed E-state index contributed by atoms with van der Waals surface area (Å²) in [5.41, 5.74) is 2.27. The van der Waals surface area contributed by atoms with Crippen molar-refractivity contribution in [1.82, 2.24) is 5.01 Å². The van der Waals surface area contributed by atoms with Gasteiger partial charge in [0.2, 0.25) is 5.91 Å². The first-order chi connectivity index (χ1) is 12.0. The molecule has 2 aromatic carbocycles. The van der Waals surface area contributed by atoms with Gasteiger partial charge < -0.3 is 4.74 Å². The molecule has 6 heteroatoms. The van der Waals surface area contributed by atoms with Crippen LogP contribution >= 0.6 is 11.6 Å². The maximum absolute atomic E-state index is 12.0. The van der Waals surface area contributed by atoms with E-state index in [9.17, 15) is 9.59 Å². The van der Waals surface area contributed by atoms with Crippen LogP contribution < -0.4 is 4.74 Å². The monoisotopic (exact) mass is 356 g/mol. The third kappa shape index (κ3) is 3.72. The zero-order valence-electron chi connectivity index (χ0n) is 13.9. The Morgan fingerprint density at radius 3 is 2.52 bits per heavy atom. The van der Waals surface area contributed by atoms with Gasteiger partial charge in [-0.1, -0.05) is 41.9 Å². The average molecular weight is 357 g/mol. The highest BCUT2D eigenvalue weighted by Crippen LogP contribution is 2.35. The van der Waals surface area contributed by atoms with E-state index in [1.807, 2.05) is 30.3 Å². The van der Waals surface area contributed by atoms with Crippen molar-refractivity contribution in [3.63, 3.8) is 0 Å². The first-order valence-electron chi connectivity index (χ1n) is 7.86. The summed E-state index contributed by atoms with van der Waals surface area (Å²) >= 11 is 6.11. The molecule has 5 nitrogen and oxygen atoms in total. The van der Waals surface area contributed by atoms with Crippen molar-refractivity contribution < 1.29 is 14.3 Å². The summed E-state index contributed by atoms with van der Waals surface area (Å²) in [6.45, 7) is 2.82. The molecule has 1 atom stereocenters. The molecule has 1 heterocycles. The summed E-state index contributed by atoms with van der Waals surface area (Å²) in [7, 11) is 0. The van der Waals surface area contributed by atoms with Gasteiger partial charge in [0.25, 0.3) is 0 Å². The van der Waals surface area contributed by atoms with Crippen LogP contribution in [0.2, 0.25) is 5.02 Å². The topological polar surface area (TPSA) is 59.0 Å². The Hall–Kier alpha value is -2.66. The van der Waals surface area contributed by atoms with E-state index in [1.165, 1.54) is 18.9 Å². The Balaban J connectivity index is 2.01. The van der Waals surface area contributed by atoms with Gasteiger partial charge in [0, 0.05) is 30.9 Å². The van der Waals surface area contributed by atoms with Crippen LogP contribution in [0.5, 0.6) is 5.75 Å². The van der Waals surface area contributed by atoms with Crippen molar-refractivity contribution in [3.05, 3.63) is 64.7 Å². The van der Waals surface area contributed by atoms with Crippen molar-refractivity contribution in [1.29, 1.82) is 0 Å². The molecule has 0 spiro atoms. The Morgan fingerprint density at radius 2 is 1.88 bits per heavy atom. The highest BCUT2D eigenvalue weighted by molar-refractivity contribution is 6.31. The number of hydrazone groups is 1. The third-order valence-corrected chi connectivity index (χ3v) is 4.16. The van der Waals surface area contributed by atoms with Crippen LogP contribution in [-0.4, -0.2) is 22.6 Å². The number of hydrogen-bond donors (Lipinski definition) is 0. The lowest BCUT2D eigenvalue weighted by Crippen LogP contribution is -2.24. The Labute approximate surface area is 150 Å². The van der Waals surface area contributed by atoms with Gasteiger partial charge in [0.15, 0.2) is 0 Å². The highest BCUT2D eigenvalue weighted by atomic mass is 35.5. The molecule has 0 aromatic heterocycles. The summed E-state index contributed by atoms with van der Waals surface area (Å²) in [6, 6.07) is 14.5. The largest absolute Gasteiger partial charge is 0.426 e. The fraction of sp³-hybridized carbons (Fsp3) is 0.211. The highest BCUT2D eigenvalue weighted by Gasteiger charge is 2.32. The lowest BCUT2D eigenvalue weighted by Gasteiger charge is -2.20. The van der Waals surface area contributed by atoms with Gasteiger partial charge in [-0.15, -0.1) is 0 Å². The van der Waals surface area contributed by atoms with E-state index in [0.717, 1.165) is 5.56 Å². The van der Waals surface area contributed by atoms with Gasteiger partial charge in [0.1, 0.15) is 5.75 Å². The number of benzene rings is 2. The molecule has 0 aliphatic carbocycles. The van der Waals surface area contributed by atoms with E-state index in [1.54, 1.807) is 18.2 Å². The second-order valence-corrected chi connectivity index (χ2v) is 6.21. The summed E-state index contributed by atoms with van der Waals surface area (Å²) < 4.78 is 5.27. The summed E-state index contributed by atoms with van der Waals surface area (Å²) in [5, 5.41) is 6.44. The summed E-state index contributed by atoms with van der Waals surface area (Å²) in [4.78, 5) is 23.4. The second kappa shape index (κ2) is 7.07. The molecule has 0 radical (unpaired) electrons. The molecular formula is C19H17ClN2O3. The van der Waals surface area contributed by atoms with E-state index >= 15 is 0 Å². The normalized spacial score (nSPS) is 16.5. The molecule has 0 unspecified atom stereocenters. The minimum absolute atomic E-state index is 0.153. The Morgan fingerprint density at radius 1 is 1.16 bits per heavy atom. The van der Waals surface area contributed by atoms with Crippen molar-refractivity contribution in [2.45, 2.75) is 26.3 Å². The number of hydrogen-bond acceptors (Lipinski definition) is 4. The zero-order chi connectivity index (χ0) is 18.0. The first-order valence-corrected chi connectivity index (χ1v) is 8.24. The van der Waals surface area contributed by atoms with Gasteiger partial charge in [-0.2, -0.15) is 5.10 Å². The van der Waals surface area contributed by atoms with Crippen LogP contribution in [0.4, 0.5) is 0 Å². The van der Waals surface area contributed by atoms with E-state index < -0.39 is 5.97 Å². The predicted octanol–water partition coefficient (Wildman–Crippen LogP) is 3.96. The molecule has 0 bridgehead atoms. The Bertz CT molecular complexity index is 849. The van der Waals surface area contributed by atoms with E-state index in [0.29, 0.717) is 28.5 Å². The zero-order valence-corrected chi connectivity index (χ0v) is 14.7. The first kappa shape index (κ1) is 17.2. The van der Waals surface area contributed by atoms with Gasteiger partial charge in [0.05, 0.1) is 11.8 Å². The number of ether oxygens (including phenoxy) is 1. The van der Waals surface area contributed by atoms with Gasteiger partial charge >= 0.3 is 5.97 Å². The van der Waals surface area contributed by atoms with E-state index in [4.69, 9.17) is 16.3 Å². The molecule has 0 fully saturated rings. The minimum Gasteiger partial charge on any atom is -0.426 e.